The van der Waals surface area contributed by atoms with E-state index in [4.69, 9.17) is 4.42 Å². The summed E-state index contributed by atoms with van der Waals surface area (Å²) in [6, 6.07) is 19.3. The van der Waals surface area contributed by atoms with Crippen molar-refractivity contribution in [2.45, 2.75) is 19.8 Å². The fourth-order valence-electron chi connectivity index (χ4n) is 3.84. The van der Waals surface area contributed by atoms with Crippen LogP contribution in [0.2, 0.25) is 0 Å². The molecule has 0 unspecified atom stereocenters. The highest BCUT2D eigenvalue weighted by Gasteiger charge is 2.15. The molecule has 2 heterocycles. The van der Waals surface area contributed by atoms with E-state index in [1.165, 1.54) is 17.7 Å². The second-order valence-corrected chi connectivity index (χ2v) is 7.75. The van der Waals surface area contributed by atoms with E-state index in [1.54, 1.807) is 6.07 Å². The predicted molar refractivity (Wildman–Crippen MR) is 116 cm³/mol. The molecular weight excluding hydrogens is 380 g/mol. The molecule has 0 atom stereocenters. The van der Waals surface area contributed by atoms with Crippen LogP contribution in [0.4, 0.5) is 8.78 Å². The maximum absolute atomic E-state index is 14.3. The van der Waals surface area contributed by atoms with Gasteiger partial charge in [0, 0.05) is 34.2 Å². The van der Waals surface area contributed by atoms with E-state index >= 15 is 0 Å². The number of fused-ring (bicyclic) bond motifs is 3. The van der Waals surface area contributed by atoms with Gasteiger partial charge in [-0.2, -0.15) is 0 Å². The summed E-state index contributed by atoms with van der Waals surface area (Å²) in [6.45, 7) is 4.30. The van der Waals surface area contributed by atoms with Crippen LogP contribution in [0, 0.1) is 11.6 Å². The Bertz CT molecular complexity index is 1400. The predicted octanol–water partition coefficient (Wildman–Crippen LogP) is 7.72. The molecule has 0 N–H and O–H groups in total. The molecule has 4 heteroatoms. The summed E-state index contributed by atoms with van der Waals surface area (Å²) in [5.41, 5.74) is 5.36. The Kier molecular flexibility index (Phi) is 4.35. The van der Waals surface area contributed by atoms with E-state index in [1.807, 2.05) is 42.6 Å². The first-order chi connectivity index (χ1) is 14.5. The number of aromatic nitrogens is 1. The quantitative estimate of drug-likeness (QED) is 0.310. The van der Waals surface area contributed by atoms with Crippen LogP contribution in [0.25, 0.3) is 44.3 Å². The van der Waals surface area contributed by atoms with Crippen LogP contribution in [0.5, 0.6) is 0 Å². The SMILES string of the molecule is CC(C)c1ccnc(-c2cccc3c2oc2cc(-c4ccc(F)cc4F)ccc23)c1. The van der Waals surface area contributed by atoms with Gasteiger partial charge in [-0.15, -0.1) is 0 Å². The Morgan fingerprint density at radius 3 is 2.50 bits per heavy atom. The Morgan fingerprint density at radius 2 is 1.70 bits per heavy atom. The topological polar surface area (TPSA) is 26.0 Å². The number of benzene rings is 3. The van der Waals surface area contributed by atoms with Gasteiger partial charge in [-0.05, 0) is 59.5 Å². The number of rotatable bonds is 3. The minimum Gasteiger partial charge on any atom is -0.455 e. The number of hydrogen-bond donors (Lipinski definition) is 0. The number of furan rings is 1. The van der Waals surface area contributed by atoms with Gasteiger partial charge in [0.05, 0.1) is 5.69 Å². The molecule has 0 saturated heterocycles. The van der Waals surface area contributed by atoms with E-state index in [0.717, 1.165) is 33.7 Å². The minimum absolute atomic E-state index is 0.338. The van der Waals surface area contributed by atoms with E-state index in [2.05, 4.69) is 24.9 Å². The van der Waals surface area contributed by atoms with Crippen molar-refractivity contribution in [3.8, 4) is 22.4 Å². The normalized spacial score (nSPS) is 11.6. The molecule has 0 aliphatic heterocycles. The lowest BCUT2D eigenvalue weighted by Gasteiger charge is -2.07. The molecule has 0 fully saturated rings. The summed E-state index contributed by atoms with van der Waals surface area (Å²) in [7, 11) is 0. The first-order valence-corrected chi connectivity index (χ1v) is 9.88. The third kappa shape index (κ3) is 3.05. The van der Waals surface area contributed by atoms with Crippen LogP contribution in [-0.2, 0) is 0 Å². The van der Waals surface area contributed by atoms with Crippen LogP contribution in [0.1, 0.15) is 25.3 Å². The Morgan fingerprint density at radius 1 is 0.833 bits per heavy atom. The zero-order chi connectivity index (χ0) is 20.8. The van der Waals surface area contributed by atoms with Gasteiger partial charge in [-0.25, -0.2) is 8.78 Å². The van der Waals surface area contributed by atoms with Gasteiger partial charge in [-0.3, -0.25) is 4.98 Å². The molecule has 0 spiro atoms. The van der Waals surface area contributed by atoms with E-state index in [-0.39, 0.29) is 0 Å². The van der Waals surface area contributed by atoms with Gasteiger partial charge < -0.3 is 4.42 Å². The largest absolute Gasteiger partial charge is 0.455 e. The van der Waals surface area contributed by atoms with Gasteiger partial charge in [0.15, 0.2) is 0 Å². The van der Waals surface area contributed by atoms with Gasteiger partial charge in [-0.1, -0.05) is 32.0 Å². The highest BCUT2D eigenvalue weighted by Crippen LogP contribution is 2.37. The van der Waals surface area contributed by atoms with Crippen molar-refractivity contribution in [1.29, 1.82) is 0 Å². The molecule has 0 radical (unpaired) electrons. The summed E-state index contributed by atoms with van der Waals surface area (Å²) in [5.74, 6) is -0.794. The molecule has 0 aliphatic carbocycles. The average molecular weight is 399 g/mol. The summed E-state index contributed by atoms with van der Waals surface area (Å²) in [6.07, 6.45) is 1.82. The van der Waals surface area contributed by atoms with Crippen molar-refractivity contribution >= 4 is 21.9 Å². The first kappa shape index (κ1) is 18.5. The molecular formula is C26H19F2NO. The fraction of sp³-hybridized carbons (Fsp3) is 0.115. The van der Waals surface area contributed by atoms with Crippen LogP contribution < -0.4 is 0 Å². The monoisotopic (exact) mass is 399 g/mol. The van der Waals surface area contributed by atoms with Crippen molar-refractivity contribution in [3.05, 3.63) is 90.1 Å². The van der Waals surface area contributed by atoms with Crippen molar-refractivity contribution in [3.63, 3.8) is 0 Å². The summed E-state index contributed by atoms with van der Waals surface area (Å²) < 4.78 is 33.8. The Labute approximate surface area is 172 Å². The Hall–Kier alpha value is -3.53. The summed E-state index contributed by atoms with van der Waals surface area (Å²) in [5, 5.41) is 1.92. The van der Waals surface area contributed by atoms with Crippen molar-refractivity contribution in [2.75, 3.05) is 0 Å². The maximum Gasteiger partial charge on any atom is 0.144 e. The molecule has 0 aliphatic rings. The van der Waals surface area contributed by atoms with Crippen LogP contribution in [0.3, 0.4) is 0 Å². The van der Waals surface area contributed by atoms with Crippen LogP contribution in [-0.4, -0.2) is 4.98 Å². The average Bonchev–Trinajstić information content (AvgIpc) is 3.11. The van der Waals surface area contributed by atoms with E-state index in [0.29, 0.717) is 22.6 Å². The lowest BCUT2D eigenvalue weighted by atomic mass is 10.00. The smallest absolute Gasteiger partial charge is 0.144 e. The Balaban J connectivity index is 1.70. The molecule has 0 saturated carbocycles. The zero-order valence-corrected chi connectivity index (χ0v) is 16.6. The number of pyridine rings is 1. The number of nitrogens with zero attached hydrogens (tertiary/aromatic N) is 1. The highest BCUT2D eigenvalue weighted by molar-refractivity contribution is 6.10. The lowest BCUT2D eigenvalue weighted by molar-refractivity contribution is 0.585. The number of hydrogen-bond acceptors (Lipinski definition) is 2. The van der Waals surface area contributed by atoms with E-state index < -0.39 is 11.6 Å². The second kappa shape index (κ2) is 7.06. The molecule has 2 aromatic heterocycles. The second-order valence-electron chi connectivity index (χ2n) is 7.75. The molecule has 5 rings (SSSR count). The fourth-order valence-corrected chi connectivity index (χ4v) is 3.84. The van der Waals surface area contributed by atoms with Gasteiger partial charge in [0.25, 0.3) is 0 Å². The van der Waals surface area contributed by atoms with Crippen molar-refractivity contribution in [1.82, 2.24) is 4.98 Å². The molecule has 148 valence electrons. The first-order valence-electron chi connectivity index (χ1n) is 9.88. The van der Waals surface area contributed by atoms with Crippen molar-refractivity contribution in [2.24, 2.45) is 0 Å². The highest BCUT2D eigenvalue weighted by atomic mass is 19.1. The third-order valence-electron chi connectivity index (χ3n) is 5.47. The molecule has 0 amide bonds. The molecule has 0 bridgehead atoms. The van der Waals surface area contributed by atoms with E-state index in [9.17, 15) is 8.78 Å². The maximum atomic E-state index is 14.3. The van der Waals surface area contributed by atoms with Gasteiger partial charge in [0.1, 0.15) is 22.8 Å². The molecule has 30 heavy (non-hydrogen) atoms. The summed E-state index contributed by atoms with van der Waals surface area (Å²) >= 11 is 0. The van der Waals surface area contributed by atoms with Crippen LogP contribution in [0.15, 0.2) is 77.3 Å². The third-order valence-corrected chi connectivity index (χ3v) is 5.47. The molecule has 3 aromatic carbocycles. The lowest BCUT2D eigenvalue weighted by Crippen LogP contribution is -1.90. The van der Waals surface area contributed by atoms with Gasteiger partial charge in [0.2, 0.25) is 0 Å². The van der Waals surface area contributed by atoms with Crippen LogP contribution >= 0.6 is 0 Å². The summed E-state index contributed by atoms with van der Waals surface area (Å²) in [4.78, 5) is 4.55. The molecule has 5 aromatic rings. The molecule has 2 nitrogen and oxygen atoms in total. The standard InChI is InChI=1S/C26H19F2NO/c1-15(2)16-10-11-29-24(12-16)22-5-3-4-21-20-8-6-17(13-25(20)30-26(21)22)19-9-7-18(27)14-23(19)28/h3-15H,1-2H3. The number of halogens is 2. The zero-order valence-electron chi connectivity index (χ0n) is 16.6. The minimum atomic E-state index is -0.596. The van der Waals surface area contributed by atoms with Crippen molar-refractivity contribution < 1.29 is 13.2 Å². The number of para-hydroxylation sites is 1. The van der Waals surface area contributed by atoms with Gasteiger partial charge >= 0.3 is 0 Å².